The van der Waals surface area contributed by atoms with E-state index in [0.717, 1.165) is 66.2 Å². The van der Waals surface area contributed by atoms with Crippen molar-refractivity contribution >= 4 is 50.6 Å². The number of hydrogen-bond donors (Lipinski definition) is 2. The number of anilines is 3. The molecule has 1 saturated carbocycles. The average Bonchev–Trinajstić information content (AvgIpc) is 3.61. The van der Waals surface area contributed by atoms with Crippen LogP contribution in [-0.4, -0.2) is 34.9 Å². The second kappa shape index (κ2) is 8.50. The van der Waals surface area contributed by atoms with Crippen LogP contribution in [0.15, 0.2) is 30.6 Å². The number of thiophene rings is 1. The number of aryl methyl sites for hydroxylation is 2. The molecule has 2 N–H and O–H groups in total. The number of aromatic nitrogens is 2. The van der Waals surface area contributed by atoms with Crippen molar-refractivity contribution in [1.29, 1.82) is 0 Å². The lowest BCUT2D eigenvalue weighted by atomic mass is 9.95. The molecule has 0 atom stereocenters. The Balaban J connectivity index is 1.18. The van der Waals surface area contributed by atoms with Crippen molar-refractivity contribution in [3.63, 3.8) is 0 Å². The normalized spacial score (nSPS) is 16.9. The molecule has 2 aromatic heterocycles. The van der Waals surface area contributed by atoms with Crippen molar-refractivity contribution in [1.82, 2.24) is 9.97 Å². The summed E-state index contributed by atoms with van der Waals surface area (Å²) in [7, 11) is 0. The van der Waals surface area contributed by atoms with Gasteiger partial charge in [0.1, 0.15) is 17.0 Å². The van der Waals surface area contributed by atoms with Gasteiger partial charge in [-0.15, -0.1) is 11.3 Å². The predicted octanol–water partition coefficient (Wildman–Crippen LogP) is 4.51. The molecule has 0 unspecified atom stereocenters. The molecule has 7 nitrogen and oxygen atoms in total. The summed E-state index contributed by atoms with van der Waals surface area (Å²) >= 11 is 1.71. The monoisotopic (exact) mass is 449 g/mol. The number of nitrogens with one attached hydrogen (secondary N) is 2. The Hall–Kier alpha value is -3.00. The van der Waals surface area contributed by atoms with E-state index < -0.39 is 0 Å². The fourth-order valence-electron chi connectivity index (χ4n) is 4.23. The molecule has 32 heavy (non-hydrogen) atoms. The summed E-state index contributed by atoms with van der Waals surface area (Å²) in [6.45, 7) is 5.84. The SMILES string of the molecule is Cc1sc2ncnc(N3CCC(C(=O)Nc4ccc(NC(=O)C5CC5)cc4)CC3)c2c1C. The zero-order chi connectivity index (χ0) is 22.2. The number of hydrogen-bond acceptors (Lipinski definition) is 6. The minimum Gasteiger partial charge on any atom is -0.356 e. The summed E-state index contributed by atoms with van der Waals surface area (Å²) in [5.41, 5.74) is 2.77. The number of rotatable bonds is 5. The van der Waals surface area contributed by atoms with Gasteiger partial charge in [-0.1, -0.05) is 0 Å². The van der Waals surface area contributed by atoms with Crippen molar-refractivity contribution < 1.29 is 9.59 Å². The zero-order valence-corrected chi connectivity index (χ0v) is 19.2. The smallest absolute Gasteiger partial charge is 0.227 e. The van der Waals surface area contributed by atoms with E-state index in [1.807, 2.05) is 24.3 Å². The van der Waals surface area contributed by atoms with E-state index in [4.69, 9.17) is 0 Å². The largest absolute Gasteiger partial charge is 0.356 e. The molecule has 2 fully saturated rings. The van der Waals surface area contributed by atoms with Crippen molar-refractivity contribution in [2.24, 2.45) is 11.8 Å². The quantitative estimate of drug-likeness (QED) is 0.598. The Kier molecular flexibility index (Phi) is 5.55. The standard InChI is InChI=1S/C24H27N5O2S/c1-14-15(2)32-24-20(14)21(25-13-26-24)29-11-9-17(10-12-29)23(31)28-19-7-5-18(6-8-19)27-22(30)16-3-4-16/h5-8,13,16-17H,3-4,9-12H2,1-2H3,(H,27,30)(H,28,31). The Morgan fingerprint density at radius 3 is 2.03 bits per heavy atom. The molecule has 0 bridgehead atoms. The van der Waals surface area contributed by atoms with Crippen molar-refractivity contribution in [2.45, 2.75) is 39.5 Å². The van der Waals surface area contributed by atoms with Crippen LogP contribution in [0.5, 0.6) is 0 Å². The van der Waals surface area contributed by atoms with E-state index in [1.165, 1.54) is 10.4 Å². The lowest BCUT2D eigenvalue weighted by molar-refractivity contribution is -0.120. The molecule has 2 aliphatic rings. The zero-order valence-electron chi connectivity index (χ0n) is 18.4. The van der Waals surface area contributed by atoms with Crippen LogP contribution in [0.4, 0.5) is 17.2 Å². The van der Waals surface area contributed by atoms with Crippen LogP contribution in [-0.2, 0) is 9.59 Å². The summed E-state index contributed by atoms with van der Waals surface area (Å²) < 4.78 is 0. The lowest BCUT2D eigenvalue weighted by Crippen LogP contribution is -2.38. The molecule has 1 aromatic carbocycles. The first-order valence-corrected chi connectivity index (χ1v) is 12.0. The van der Waals surface area contributed by atoms with Crippen LogP contribution in [0, 0.1) is 25.7 Å². The summed E-state index contributed by atoms with van der Waals surface area (Å²) in [5.74, 6) is 1.27. The van der Waals surface area contributed by atoms with E-state index in [-0.39, 0.29) is 23.7 Å². The summed E-state index contributed by atoms with van der Waals surface area (Å²) in [4.78, 5) is 38.3. The highest BCUT2D eigenvalue weighted by molar-refractivity contribution is 7.18. The van der Waals surface area contributed by atoms with Crippen molar-refractivity contribution in [2.75, 3.05) is 28.6 Å². The molecule has 1 saturated heterocycles. The van der Waals surface area contributed by atoms with Crippen LogP contribution in [0.2, 0.25) is 0 Å². The number of benzene rings is 1. The van der Waals surface area contributed by atoms with E-state index in [0.29, 0.717) is 0 Å². The molecule has 0 radical (unpaired) electrons. The topological polar surface area (TPSA) is 87.2 Å². The highest BCUT2D eigenvalue weighted by atomic mass is 32.1. The predicted molar refractivity (Wildman–Crippen MR) is 128 cm³/mol. The summed E-state index contributed by atoms with van der Waals surface area (Å²) in [6.07, 6.45) is 5.17. The molecule has 2 amide bonds. The molecule has 5 rings (SSSR count). The maximum Gasteiger partial charge on any atom is 0.227 e. The lowest BCUT2D eigenvalue weighted by Gasteiger charge is -2.32. The maximum atomic E-state index is 12.8. The first kappa shape index (κ1) is 20.9. The van der Waals surface area contributed by atoms with Gasteiger partial charge in [0.15, 0.2) is 0 Å². The van der Waals surface area contributed by atoms with Crippen LogP contribution < -0.4 is 15.5 Å². The molecule has 3 heterocycles. The highest BCUT2D eigenvalue weighted by Crippen LogP contribution is 2.36. The van der Waals surface area contributed by atoms with Crippen LogP contribution >= 0.6 is 11.3 Å². The number of piperidine rings is 1. The van der Waals surface area contributed by atoms with E-state index >= 15 is 0 Å². The van der Waals surface area contributed by atoms with Crippen molar-refractivity contribution in [3.8, 4) is 0 Å². The van der Waals surface area contributed by atoms with Crippen LogP contribution in [0.3, 0.4) is 0 Å². The molecule has 166 valence electrons. The van der Waals surface area contributed by atoms with E-state index in [9.17, 15) is 9.59 Å². The minimum absolute atomic E-state index is 0.0249. The second-order valence-corrected chi connectivity index (χ2v) is 9.96. The van der Waals surface area contributed by atoms with Gasteiger partial charge in [0.25, 0.3) is 0 Å². The molecule has 1 aliphatic heterocycles. The molecule has 8 heteroatoms. The minimum atomic E-state index is -0.0249. The molecular formula is C24H27N5O2S. The number of carbonyl (C=O) groups excluding carboxylic acids is 2. The Morgan fingerprint density at radius 1 is 0.906 bits per heavy atom. The van der Waals surface area contributed by atoms with Crippen LogP contribution in [0.25, 0.3) is 10.2 Å². The number of carbonyl (C=O) groups is 2. The number of fused-ring (bicyclic) bond motifs is 1. The van der Waals surface area contributed by atoms with Crippen LogP contribution in [0.1, 0.15) is 36.1 Å². The van der Waals surface area contributed by atoms with Gasteiger partial charge >= 0.3 is 0 Å². The third kappa shape index (κ3) is 4.19. The Morgan fingerprint density at radius 2 is 1.47 bits per heavy atom. The van der Waals surface area contributed by atoms with Gasteiger partial charge in [0, 0.05) is 41.2 Å². The Labute approximate surface area is 191 Å². The first-order chi connectivity index (χ1) is 15.5. The highest BCUT2D eigenvalue weighted by Gasteiger charge is 2.30. The van der Waals surface area contributed by atoms with E-state index in [2.05, 4.69) is 39.3 Å². The van der Waals surface area contributed by atoms with Crippen molar-refractivity contribution in [3.05, 3.63) is 41.0 Å². The Bertz CT molecular complexity index is 1160. The molecular weight excluding hydrogens is 422 g/mol. The van der Waals surface area contributed by atoms with Gasteiger partial charge in [-0.3, -0.25) is 9.59 Å². The summed E-state index contributed by atoms with van der Waals surface area (Å²) in [5, 5.41) is 7.09. The van der Waals surface area contributed by atoms with Gasteiger partial charge in [0.2, 0.25) is 11.8 Å². The molecule has 3 aromatic rings. The van der Waals surface area contributed by atoms with Gasteiger partial charge in [-0.2, -0.15) is 0 Å². The van der Waals surface area contributed by atoms with Gasteiger partial charge < -0.3 is 15.5 Å². The third-order valence-corrected chi connectivity index (χ3v) is 7.59. The fourth-order valence-corrected chi connectivity index (χ4v) is 5.22. The van der Waals surface area contributed by atoms with E-state index in [1.54, 1.807) is 17.7 Å². The summed E-state index contributed by atoms with van der Waals surface area (Å²) in [6, 6.07) is 7.36. The molecule has 0 spiro atoms. The number of nitrogens with zero attached hydrogens (tertiary/aromatic N) is 3. The first-order valence-electron chi connectivity index (χ1n) is 11.2. The maximum absolute atomic E-state index is 12.8. The third-order valence-electron chi connectivity index (χ3n) is 6.48. The van der Waals surface area contributed by atoms with Gasteiger partial charge in [0.05, 0.1) is 5.39 Å². The average molecular weight is 450 g/mol. The molecule has 1 aliphatic carbocycles. The van der Waals surface area contributed by atoms with Gasteiger partial charge in [-0.05, 0) is 69.4 Å². The van der Waals surface area contributed by atoms with Gasteiger partial charge in [-0.25, -0.2) is 9.97 Å². The number of amides is 2. The second-order valence-electron chi connectivity index (χ2n) is 8.75. The fraction of sp³-hybridized carbons (Fsp3) is 0.417.